The molecule has 1 aromatic carbocycles. The summed E-state index contributed by atoms with van der Waals surface area (Å²) in [5.41, 5.74) is 1.27. The lowest BCUT2D eigenvalue weighted by molar-refractivity contribution is 0.176. The summed E-state index contributed by atoms with van der Waals surface area (Å²) in [6, 6.07) is 11.1. The molecule has 1 aromatic heterocycles. The summed E-state index contributed by atoms with van der Waals surface area (Å²) in [4.78, 5) is 7.12. The molecule has 0 radical (unpaired) electrons. The monoisotopic (exact) mass is 284 g/mol. The third kappa shape index (κ3) is 3.91. The Morgan fingerprint density at radius 2 is 2.10 bits per heavy atom. The first-order valence-corrected chi connectivity index (χ1v) is 7.95. The van der Waals surface area contributed by atoms with Crippen LogP contribution in [0.1, 0.15) is 42.9 Å². The molecule has 0 bridgehead atoms. The molecule has 112 valence electrons. The number of hydrogen-bond acceptors (Lipinski definition) is 3. The molecule has 0 amide bonds. The number of nitrogens with one attached hydrogen (secondary N) is 1. The van der Waals surface area contributed by atoms with Gasteiger partial charge in [-0.2, -0.15) is 5.10 Å². The number of hydrogen-bond donors (Lipinski definition) is 1. The molecule has 0 spiro atoms. The van der Waals surface area contributed by atoms with E-state index in [0.717, 1.165) is 24.5 Å². The Labute approximate surface area is 126 Å². The molecule has 2 aromatic rings. The van der Waals surface area contributed by atoms with E-state index < -0.39 is 0 Å². The second-order valence-corrected chi connectivity index (χ2v) is 6.03. The van der Waals surface area contributed by atoms with E-state index in [1.54, 1.807) is 0 Å². The SMILES string of the molecule is CN1CCCC[C@H]1CCc1n[nH]c(Cc2ccccc2)n1. The molecule has 1 aliphatic heterocycles. The van der Waals surface area contributed by atoms with Crippen LogP contribution in [-0.2, 0) is 12.8 Å². The minimum Gasteiger partial charge on any atom is -0.303 e. The number of H-pyrrole nitrogens is 1. The highest BCUT2D eigenvalue weighted by atomic mass is 15.2. The molecular formula is C17H24N4. The van der Waals surface area contributed by atoms with Gasteiger partial charge < -0.3 is 4.90 Å². The highest BCUT2D eigenvalue weighted by Gasteiger charge is 2.19. The van der Waals surface area contributed by atoms with Crippen molar-refractivity contribution in [1.29, 1.82) is 0 Å². The normalized spacial score (nSPS) is 19.8. The maximum atomic E-state index is 4.63. The van der Waals surface area contributed by atoms with Gasteiger partial charge in [-0.05, 0) is 38.4 Å². The summed E-state index contributed by atoms with van der Waals surface area (Å²) in [6.45, 7) is 1.23. The average Bonchev–Trinajstić information content (AvgIpc) is 2.95. The van der Waals surface area contributed by atoms with E-state index >= 15 is 0 Å². The molecule has 1 saturated heterocycles. The van der Waals surface area contributed by atoms with Gasteiger partial charge in [-0.25, -0.2) is 4.98 Å². The molecule has 21 heavy (non-hydrogen) atoms. The van der Waals surface area contributed by atoms with Gasteiger partial charge >= 0.3 is 0 Å². The van der Waals surface area contributed by atoms with E-state index in [1.807, 2.05) is 6.07 Å². The molecular weight excluding hydrogens is 260 g/mol. The second-order valence-electron chi connectivity index (χ2n) is 6.03. The maximum absolute atomic E-state index is 4.63. The molecule has 1 N–H and O–H groups in total. The minimum atomic E-state index is 0.704. The van der Waals surface area contributed by atoms with Crippen LogP contribution in [0.15, 0.2) is 30.3 Å². The van der Waals surface area contributed by atoms with Crippen LogP contribution in [-0.4, -0.2) is 39.7 Å². The number of nitrogens with zero attached hydrogens (tertiary/aromatic N) is 3. The number of aromatic nitrogens is 3. The Morgan fingerprint density at radius 1 is 1.24 bits per heavy atom. The number of benzene rings is 1. The maximum Gasteiger partial charge on any atom is 0.150 e. The van der Waals surface area contributed by atoms with Crippen LogP contribution in [0.5, 0.6) is 0 Å². The Balaban J connectivity index is 1.53. The first kappa shape index (κ1) is 14.3. The van der Waals surface area contributed by atoms with Crippen molar-refractivity contribution in [3.05, 3.63) is 47.5 Å². The fourth-order valence-corrected chi connectivity index (χ4v) is 3.12. The summed E-state index contributed by atoms with van der Waals surface area (Å²) >= 11 is 0. The molecule has 3 rings (SSSR count). The van der Waals surface area contributed by atoms with Gasteiger partial charge in [0.1, 0.15) is 5.82 Å². The number of likely N-dealkylation sites (tertiary alicyclic amines) is 1. The van der Waals surface area contributed by atoms with Gasteiger partial charge in [-0.15, -0.1) is 0 Å². The van der Waals surface area contributed by atoms with Crippen molar-refractivity contribution in [3.63, 3.8) is 0 Å². The predicted octanol–water partition coefficient (Wildman–Crippen LogP) is 2.81. The quantitative estimate of drug-likeness (QED) is 0.918. The van der Waals surface area contributed by atoms with Crippen molar-refractivity contribution < 1.29 is 0 Å². The molecule has 2 heterocycles. The van der Waals surface area contributed by atoms with Crippen molar-refractivity contribution in [2.45, 2.75) is 44.6 Å². The Bertz CT molecular complexity index is 549. The molecule has 1 aliphatic rings. The smallest absolute Gasteiger partial charge is 0.150 e. The van der Waals surface area contributed by atoms with E-state index in [1.165, 1.54) is 37.8 Å². The number of aromatic amines is 1. The largest absolute Gasteiger partial charge is 0.303 e. The van der Waals surface area contributed by atoms with Gasteiger partial charge in [0.05, 0.1) is 0 Å². The molecule has 1 atom stereocenters. The third-order valence-corrected chi connectivity index (χ3v) is 4.42. The van der Waals surface area contributed by atoms with Crippen LogP contribution >= 0.6 is 0 Å². The zero-order valence-electron chi connectivity index (χ0n) is 12.8. The molecule has 0 aliphatic carbocycles. The summed E-state index contributed by atoms with van der Waals surface area (Å²) < 4.78 is 0. The zero-order valence-corrected chi connectivity index (χ0v) is 12.8. The van der Waals surface area contributed by atoms with Crippen LogP contribution in [0.4, 0.5) is 0 Å². The van der Waals surface area contributed by atoms with Gasteiger partial charge in [0.15, 0.2) is 5.82 Å². The van der Waals surface area contributed by atoms with Crippen LogP contribution in [0.25, 0.3) is 0 Å². The van der Waals surface area contributed by atoms with Gasteiger partial charge in [0, 0.05) is 18.9 Å². The van der Waals surface area contributed by atoms with E-state index in [2.05, 4.69) is 51.4 Å². The van der Waals surface area contributed by atoms with Gasteiger partial charge in [0.2, 0.25) is 0 Å². The van der Waals surface area contributed by atoms with E-state index in [4.69, 9.17) is 0 Å². The highest BCUT2D eigenvalue weighted by Crippen LogP contribution is 2.19. The van der Waals surface area contributed by atoms with E-state index in [-0.39, 0.29) is 0 Å². The van der Waals surface area contributed by atoms with Crippen molar-refractivity contribution in [2.24, 2.45) is 0 Å². The van der Waals surface area contributed by atoms with Crippen LogP contribution in [0, 0.1) is 0 Å². The first-order valence-electron chi connectivity index (χ1n) is 7.95. The minimum absolute atomic E-state index is 0.704. The van der Waals surface area contributed by atoms with Crippen LogP contribution in [0.3, 0.4) is 0 Å². The van der Waals surface area contributed by atoms with E-state index in [0.29, 0.717) is 6.04 Å². The summed E-state index contributed by atoms with van der Waals surface area (Å²) in [5.74, 6) is 1.92. The fraction of sp³-hybridized carbons (Fsp3) is 0.529. The lowest BCUT2D eigenvalue weighted by Gasteiger charge is -2.32. The second kappa shape index (κ2) is 6.85. The van der Waals surface area contributed by atoms with Crippen LogP contribution < -0.4 is 0 Å². The molecule has 4 nitrogen and oxygen atoms in total. The average molecular weight is 284 g/mol. The van der Waals surface area contributed by atoms with Gasteiger partial charge in [-0.3, -0.25) is 5.10 Å². The molecule has 0 saturated carbocycles. The summed E-state index contributed by atoms with van der Waals surface area (Å²) in [6.07, 6.45) is 6.99. The fourth-order valence-electron chi connectivity index (χ4n) is 3.12. The summed E-state index contributed by atoms with van der Waals surface area (Å²) in [5, 5.41) is 7.45. The van der Waals surface area contributed by atoms with Crippen LogP contribution in [0.2, 0.25) is 0 Å². The first-order chi connectivity index (χ1) is 10.3. The third-order valence-electron chi connectivity index (χ3n) is 4.42. The molecule has 0 unspecified atom stereocenters. The van der Waals surface area contributed by atoms with Gasteiger partial charge in [0.25, 0.3) is 0 Å². The predicted molar refractivity (Wildman–Crippen MR) is 84.2 cm³/mol. The Kier molecular flexibility index (Phi) is 4.65. The van der Waals surface area contributed by atoms with Crippen molar-refractivity contribution in [1.82, 2.24) is 20.1 Å². The standard InChI is InChI=1S/C17H24N4/c1-21-12-6-5-9-15(21)10-11-16-18-17(20-19-16)13-14-7-3-2-4-8-14/h2-4,7-8,15H,5-6,9-13H2,1H3,(H,18,19,20)/t15-/m0/s1. The van der Waals surface area contributed by atoms with E-state index in [9.17, 15) is 0 Å². The summed E-state index contributed by atoms with van der Waals surface area (Å²) in [7, 11) is 2.24. The number of rotatable bonds is 5. The Morgan fingerprint density at radius 3 is 2.90 bits per heavy atom. The molecule has 4 heteroatoms. The zero-order chi connectivity index (χ0) is 14.5. The topological polar surface area (TPSA) is 44.8 Å². The molecule has 1 fully saturated rings. The lowest BCUT2D eigenvalue weighted by atomic mass is 9.98. The highest BCUT2D eigenvalue weighted by molar-refractivity contribution is 5.18. The van der Waals surface area contributed by atoms with Crippen molar-refractivity contribution in [3.8, 4) is 0 Å². The number of aryl methyl sites for hydroxylation is 1. The van der Waals surface area contributed by atoms with Crippen molar-refractivity contribution in [2.75, 3.05) is 13.6 Å². The van der Waals surface area contributed by atoms with Crippen molar-refractivity contribution >= 4 is 0 Å². The lowest BCUT2D eigenvalue weighted by Crippen LogP contribution is -2.36. The van der Waals surface area contributed by atoms with Gasteiger partial charge in [-0.1, -0.05) is 36.8 Å². The number of piperidine rings is 1. The Hall–Kier alpha value is -1.68.